The number of hydrogen-bond donors (Lipinski definition) is 1. The van der Waals surface area contributed by atoms with Crippen LogP contribution in [0.4, 0.5) is 19.0 Å². The molecule has 3 heterocycles. The Kier molecular flexibility index (Phi) is 5.24. The maximum Gasteiger partial charge on any atom is 0.393 e. The first-order chi connectivity index (χ1) is 11.4. The molecule has 2 aromatic rings. The van der Waals surface area contributed by atoms with Gasteiger partial charge in [0, 0.05) is 24.0 Å². The second-order valence-corrected chi connectivity index (χ2v) is 7.32. The van der Waals surface area contributed by atoms with E-state index in [0.29, 0.717) is 22.1 Å². The molecule has 3 rings (SSSR count). The number of nitrogens with one attached hydrogen (secondary N) is 1. The number of anilines is 1. The summed E-state index contributed by atoms with van der Waals surface area (Å²) >= 11 is 1.09. The smallest absolute Gasteiger partial charge is 0.367 e. The average molecular weight is 358 g/mol. The van der Waals surface area contributed by atoms with Crippen molar-refractivity contribution in [3.8, 4) is 0 Å². The van der Waals surface area contributed by atoms with Gasteiger partial charge in [-0.2, -0.15) is 13.2 Å². The fourth-order valence-corrected chi connectivity index (χ4v) is 4.14. The molecule has 0 unspecified atom stereocenters. The number of halogens is 3. The zero-order chi connectivity index (χ0) is 17.2. The van der Waals surface area contributed by atoms with Crippen LogP contribution in [0, 0.1) is 0 Å². The van der Waals surface area contributed by atoms with Crippen molar-refractivity contribution in [3.63, 3.8) is 0 Å². The van der Waals surface area contributed by atoms with E-state index in [0.717, 1.165) is 50.2 Å². The van der Waals surface area contributed by atoms with E-state index in [1.165, 1.54) is 6.33 Å². The third-order valence-electron chi connectivity index (χ3n) is 4.22. The molecule has 4 nitrogen and oxygen atoms in total. The van der Waals surface area contributed by atoms with Gasteiger partial charge in [-0.15, -0.1) is 11.3 Å². The van der Waals surface area contributed by atoms with Crippen molar-refractivity contribution in [2.75, 3.05) is 25.0 Å². The molecular formula is C16H21F3N4S. The first-order valence-electron chi connectivity index (χ1n) is 8.23. The van der Waals surface area contributed by atoms with Crippen LogP contribution in [0.25, 0.3) is 10.2 Å². The molecular weight excluding hydrogens is 337 g/mol. The second-order valence-electron chi connectivity index (χ2n) is 6.21. The third-order valence-corrected chi connectivity index (χ3v) is 5.27. The van der Waals surface area contributed by atoms with Crippen LogP contribution in [0.1, 0.15) is 31.1 Å². The van der Waals surface area contributed by atoms with Crippen molar-refractivity contribution in [1.82, 2.24) is 14.9 Å². The lowest BCUT2D eigenvalue weighted by atomic mass is 10.0. The van der Waals surface area contributed by atoms with Gasteiger partial charge in [0.05, 0.1) is 11.8 Å². The second kappa shape index (κ2) is 7.23. The van der Waals surface area contributed by atoms with Crippen molar-refractivity contribution in [2.24, 2.45) is 0 Å². The number of nitrogens with zero attached hydrogens (tertiary/aromatic N) is 3. The highest BCUT2D eigenvalue weighted by molar-refractivity contribution is 7.18. The van der Waals surface area contributed by atoms with Crippen molar-refractivity contribution in [1.29, 1.82) is 0 Å². The lowest BCUT2D eigenvalue weighted by Crippen LogP contribution is -2.39. The quantitative estimate of drug-likeness (QED) is 0.874. The summed E-state index contributed by atoms with van der Waals surface area (Å²) in [6.07, 6.45) is -0.501. The molecule has 0 spiro atoms. The molecule has 1 saturated heterocycles. The number of likely N-dealkylation sites (tertiary alicyclic amines) is 1. The molecule has 132 valence electrons. The van der Waals surface area contributed by atoms with Gasteiger partial charge in [-0.25, -0.2) is 9.97 Å². The Labute approximate surface area is 143 Å². The molecule has 0 radical (unpaired) electrons. The van der Waals surface area contributed by atoms with Crippen molar-refractivity contribution in [3.05, 3.63) is 17.3 Å². The van der Waals surface area contributed by atoms with Crippen LogP contribution in [0.2, 0.25) is 0 Å². The standard InChI is InChI=1S/C16H21F3N4S/c1-2-5-23-6-3-11(4-7-23)22-14-13-8-12(9-16(17,18)19)24-15(13)21-10-20-14/h8,10-11H,2-7,9H2,1H3,(H,20,21,22). The van der Waals surface area contributed by atoms with Crippen LogP contribution in [-0.2, 0) is 6.42 Å². The first-order valence-corrected chi connectivity index (χ1v) is 9.05. The van der Waals surface area contributed by atoms with Crippen LogP contribution in [0.3, 0.4) is 0 Å². The van der Waals surface area contributed by atoms with E-state index in [1.54, 1.807) is 6.07 Å². The first kappa shape index (κ1) is 17.4. The number of hydrogen-bond acceptors (Lipinski definition) is 5. The van der Waals surface area contributed by atoms with Gasteiger partial charge in [0.1, 0.15) is 17.0 Å². The minimum Gasteiger partial charge on any atom is -0.367 e. The van der Waals surface area contributed by atoms with Crippen molar-refractivity contribution >= 4 is 27.4 Å². The number of aromatic nitrogens is 2. The minimum absolute atomic E-state index is 0.277. The SMILES string of the molecule is CCCN1CCC(Nc2ncnc3sc(CC(F)(F)F)cc23)CC1. The Hall–Kier alpha value is -1.41. The van der Waals surface area contributed by atoms with E-state index in [9.17, 15) is 13.2 Å². The van der Waals surface area contributed by atoms with Crippen LogP contribution >= 0.6 is 11.3 Å². The molecule has 1 aliphatic rings. The summed E-state index contributed by atoms with van der Waals surface area (Å²) in [6, 6.07) is 1.88. The number of alkyl halides is 3. The maximum atomic E-state index is 12.6. The van der Waals surface area contributed by atoms with Crippen molar-refractivity contribution in [2.45, 2.75) is 44.8 Å². The number of fused-ring (bicyclic) bond motifs is 1. The van der Waals surface area contributed by atoms with Crippen LogP contribution in [0.5, 0.6) is 0 Å². The summed E-state index contributed by atoms with van der Waals surface area (Å²) in [4.78, 5) is 11.7. The van der Waals surface area contributed by atoms with Crippen LogP contribution in [-0.4, -0.2) is 46.7 Å². The molecule has 0 aromatic carbocycles. The highest BCUT2D eigenvalue weighted by Gasteiger charge is 2.29. The number of thiophene rings is 1. The van der Waals surface area contributed by atoms with Gasteiger partial charge in [0.2, 0.25) is 0 Å². The summed E-state index contributed by atoms with van der Waals surface area (Å²) < 4.78 is 37.8. The predicted octanol–water partition coefficient (Wildman–Crippen LogP) is 4.08. The Bertz CT molecular complexity index is 678. The van der Waals surface area contributed by atoms with Crippen molar-refractivity contribution < 1.29 is 13.2 Å². The van der Waals surface area contributed by atoms with Gasteiger partial charge < -0.3 is 10.2 Å². The zero-order valence-corrected chi connectivity index (χ0v) is 14.4. The molecule has 0 saturated carbocycles. The van der Waals surface area contributed by atoms with Gasteiger partial charge in [0.25, 0.3) is 0 Å². The monoisotopic (exact) mass is 358 g/mol. The highest BCUT2D eigenvalue weighted by Crippen LogP contribution is 2.33. The van der Waals surface area contributed by atoms with E-state index >= 15 is 0 Å². The average Bonchev–Trinajstić information content (AvgIpc) is 2.91. The molecule has 1 fully saturated rings. The van der Waals surface area contributed by atoms with Gasteiger partial charge in [-0.3, -0.25) is 0 Å². The molecule has 0 aliphatic carbocycles. The molecule has 8 heteroatoms. The molecule has 0 amide bonds. The third kappa shape index (κ3) is 4.36. The van der Waals surface area contributed by atoms with Crippen LogP contribution < -0.4 is 5.32 Å². The fourth-order valence-electron chi connectivity index (χ4n) is 3.12. The largest absolute Gasteiger partial charge is 0.393 e. The predicted molar refractivity (Wildman–Crippen MR) is 90.5 cm³/mol. The molecule has 1 aliphatic heterocycles. The number of rotatable bonds is 5. The Balaban J connectivity index is 1.71. The van der Waals surface area contributed by atoms with E-state index in [1.807, 2.05) is 0 Å². The van der Waals surface area contributed by atoms with Gasteiger partial charge in [0.15, 0.2) is 0 Å². The van der Waals surface area contributed by atoms with Crippen LogP contribution in [0.15, 0.2) is 12.4 Å². The minimum atomic E-state index is -4.20. The normalized spacial score (nSPS) is 17.5. The summed E-state index contributed by atoms with van der Waals surface area (Å²) in [6.45, 7) is 5.39. The summed E-state index contributed by atoms with van der Waals surface area (Å²) in [7, 11) is 0. The summed E-state index contributed by atoms with van der Waals surface area (Å²) in [5.41, 5.74) is 0. The molecule has 0 atom stereocenters. The molecule has 1 N–H and O–H groups in total. The van der Waals surface area contributed by atoms with Gasteiger partial charge in [-0.1, -0.05) is 6.92 Å². The highest BCUT2D eigenvalue weighted by atomic mass is 32.1. The van der Waals surface area contributed by atoms with E-state index in [4.69, 9.17) is 0 Å². The Morgan fingerprint density at radius 3 is 2.71 bits per heavy atom. The van der Waals surface area contributed by atoms with E-state index in [-0.39, 0.29) is 4.88 Å². The Morgan fingerprint density at radius 1 is 1.29 bits per heavy atom. The van der Waals surface area contributed by atoms with Gasteiger partial charge >= 0.3 is 6.18 Å². The van der Waals surface area contributed by atoms with Gasteiger partial charge in [-0.05, 0) is 31.9 Å². The fraction of sp³-hybridized carbons (Fsp3) is 0.625. The molecule has 24 heavy (non-hydrogen) atoms. The molecule has 0 bridgehead atoms. The molecule has 2 aromatic heterocycles. The Morgan fingerprint density at radius 2 is 2.04 bits per heavy atom. The lowest BCUT2D eigenvalue weighted by molar-refractivity contribution is -0.126. The summed E-state index contributed by atoms with van der Waals surface area (Å²) in [5, 5.41) is 4.10. The topological polar surface area (TPSA) is 41.0 Å². The maximum absolute atomic E-state index is 12.6. The van der Waals surface area contributed by atoms with E-state index < -0.39 is 12.6 Å². The zero-order valence-electron chi connectivity index (χ0n) is 13.6. The number of piperidine rings is 1. The lowest BCUT2D eigenvalue weighted by Gasteiger charge is -2.32. The van der Waals surface area contributed by atoms with E-state index in [2.05, 4.69) is 27.1 Å². The summed E-state index contributed by atoms with van der Waals surface area (Å²) in [5.74, 6) is 0.651.